The first-order chi connectivity index (χ1) is 16.6. The van der Waals surface area contributed by atoms with Crippen LogP contribution in [0.2, 0.25) is 0 Å². The van der Waals surface area contributed by atoms with Crippen LogP contribution in [-0.4, -0.2) is 56.1 Å². The molecule has 35 heavy (non-hydrogen) atoms. The van der Waals surface area contributed by atoms with Crippen molar-refractivity contribution in [2.75, 3.05) is 18.6 Å². The van der Waals surface area contributed by atoms with Crippen LogP contribution in [-0.2, 0) is 26.0 Å². The molecule has 2 aromatic rings. The first-order valence-corrected chi connectivity index (χ1v) is 14.9. The van der Waals surface area contributed by atoms with E-state index in [0.717, 1.165) is 29.3 Å². The van der Waals surface area contributed by atoms with E-state index in [-0.39, 0.29) is 29.1 Å². The topological polar surface area (TPSA) is 75.7 Å². The zero-order chi connectivity index (χ0) is 25.0. The predicted octanol–water partition coefficient (Wildman–Crippen LogP) is 2.74. The summed E-state index contributed by atoms with van der Waals surface area (Å²) in [6.45, 7) is 2.98. The molecule has 188 valence electrons. The van der Waals surface area contributed by atoms with Gasteiger partial charge in [0, 0.05) is 30.0 Å². The van der Waals surface area contributed by atoms with E-state index in [1.807, 2.05) is 31.2 Å². The lowest BCUT2D eigenvalue weighted by Gasteiger charge is -2.34. The Bertz CT molecular complexity index is 1260. The molecule has 5 rings (SSSR count). The van der Waals surface area contributed by atoms with Gasteiger partial charge in [0.1, 0.15) is 11.9 Å². The van der Waals surface area contributed by atoms with Crippen LogP contribution >= 0.6 is 18.5 Å². The van der Waals surface area contributed by atoms with Crippen LogP contribution in [0.1, 0.15) is 30.4 Å². The molecule has 10 heteroatoms. The molecule has 4 unspecified atom stereocenters. The number of aryl methyl sites for hydroxylation is 1. The van der Waals surface area contributed by atoms with E-state index in [1.54, 1.807) is 17.0 Å². The third kappa shape index (κ3) is 4.93. The Kier molecular flexibility index (Phi) is 6.82. The van der Waals surface area contributed by atoms with Gasteiger partial charge in [-0.25, -0.2) is 17.5 Å². The minimum absolute atomic E-state index is 0.124. The van der Waals surface area contributed by atoms with Gasteiger partial charge < -0.3 is 9.64 Å². The lowest BCUT2D eigenvalue weighted by Crippen LogP contribution is -2.53. The Labute approximate surface area is 210 Å². The summed E-state index contributed by atoms with van der Waals surface area (Å²) >= 11 is 0. The van der Waals surface area contributed by atoms with Crippen LogP contribution in [0.25, 0.3) is 11.1 Å². The molecule has 0 radical (unpaired) electrons. The number of amides is 1. The second-order valence-electron chi connectivity index (χ2n) is 10.0. The summed E-state index contributed by atoms with van der Waals surface area (Å²) in [7, 11) is 1.34. The van der Waals surface area contributed by atoms with E-state index in [9.17, 15) is 13.2 Å². The number of likely N-dealkylation sites (tertiary alicyclic amines) is 1. The summed E-state index contributed by atoms with van der Waals surface area (Å²) in [5.41, 5.74) is 2.36. The molecule has 3 aliphatic rings. The molecular weight excluding hydrogens is 505 g/mol. The third-order valence-electron chi connectivity index (χ3n) is 7.53. The highest BCUT2D eigenvalue weighted by Crippen LogP contribution is 2.56. The molecule has 1 N–H and O–H groups in total. The summed E-state index contributed by atoms with van der Waals surface area (Å²) in [5, 5.41) is 0.833. The van der Waals surface area contributed by atoms with Crippen molar-refractivity contribution in [3.05, 3.63) is 53.3 Å². The maximum absolute atomic E-state index is 15.9. The van der Waals surface area contributed by atoms with Crippen molar-refractivity contribution >= 4 is 39.7 Å². The summed E-state index contributed by atoms with van der Waals surface area (Å²) in [6.07, 6.45) is 2.06. The lowest BCUT2D eigenvalue weighted by molar-refractivity contribution is -0.157. The number of nitrogens with one attached hydrogen (secondary N) is 1. The van der Waals surface area contributed by atoms with Crippen LogP contribution in [0.15, 0.2) is 36.4 Å². The Hall–Kier alpha value is -1.43. The molecule has 1 aliphatic carbocycles. The Balaban J connectivity index is 1.54. The zero-order valence-electron chi connectivity index (χ0n) is 19.7. The van der Waals surface area contributed by atoms with E-state index in [1.165, 1.54) is 0 Å². The smallest absolute Gasteiger partial charge is 0.252 e. The first kappa shape index (κ1) is 25.2. The van der Waals surface area contributed by atoms with Gasteiger partial charge in [0.25, 0.3) is 5.91 Å². The van der Waals surface area contributed by atoms with Crippen molar-refractivity contribution in [2.24, 2.45) is 5.41 Å². The number of sulfonamides is 1. The molecule has 2 saturated heterocycles. The van der Waals surface area contributed by atoms with Crippen molar-refractivity contribution in [3.8, 4) is 11.1 Å². The van der Waals surface area contributed by atoms with Gasteiger partial charge in [-0.05, 0) is 54.8 Å². The monoisotopic (exact) mass is 536 g/mol. The summed E-state index contributed by atoms with van der Waals surface area (Å²) < 4.78 is 49.5. The van der Waals surface area contributed by atoms with E-state index < -0.39 is 28.2 Å². The van der Waals surface area contributed by atoms with Crippen molar-refractivity contribution in [3.63, 3.8) is 0 Å². The van der Waals surface area contributed by atoms with Gasteiger partial charge in [-0.15, -0.1) is 18.5 Å². The number of nitrogens with zero attached hydrogens (tertiary/aromatic N) is 1. The van der Waals surface area contributed by atoms with Gasteiger partial charge in [0.2, 0.25) is 10.0 Å². The quantitative estimate of drug-likeness (QED) is 0.553. The number of ether oxygens (including phenoxy) is 1. The highest BCUT2D eigenvalue weighted by molar-refractivity contribution is 7.93. The van der Waals surface area contributed by atoms with Crippen LogP contribution in [0, 0.1) is 18.2 Å². The average Bonchev–Trinajstić information content (AvgIpc) is 3.50. The predicted molar refractivity (Wildman–Crippen MR) is 142 cm³/mol. The highest BCUT2D eigenvalue weighted by Gasteiger charge is 2.62. The van der Waals surface area contributed by atoms with E-state index in [0.29, 0.717) is 30.7 Å². The molecule has 1 amide bonds. The number of halogens is 1. The number of hydrogen-bond acceptors (Lipinski definition) is 4. The third-order valence-corrected chi connectivity index (χ3v) is 10.2. The molecule has 1 spiro atoms. The van der Waals surface area contributed by atoms with Crippen LogP contribution < -0.4 is 10.0 Å². The minimum Gasteiger partial charge on any atom is -0.368 e. The number of carbonyl (C=O) groups is 1. The molecule has 1 saturated carbocycles. The fourth-order valence-electron chi connectivity index (χ4n) is 5.41. The Morgan fingerprint density at radius 2 is 2.03 bits per heavy atom. The number of hydrogen-bond donors (Lipinski definition) is 1. The zero-order valence-corrected chi connectivity index (χ0v) is 22.8. The molecule has 3 fully saturated rings. The van der Waals surface area contributed by atoms with Crippen molar-refractivity contribution in [1.29, 1.82) is 0 Å². The lowest BCUT2D eigenvalue weighted by atomic mass is 9.91. The molecule has 2 aromatic carbocycles. The van der Waals surface area contributed by atoms with E-state index in [2.05, 4.69) is 23.2 Å². The van der Waals surface area contributed by atoms with Gasteiger partial charge in [0.05, 0.1) is 18.1 Å². The average molecular weight is 537 g/mol. The summed E-state index contributed by atoms with van der Waals surface area (Å²) in [5.74, 6) is -0.458. The minimum atomic E-state index is -3.55. The first-order valence-electron chi connectivity index (χ1n) is 11.9. The number of rotatable bonds is 7. The number of benzene rings is 2. The Morgan fingerprint density at radius 3 is 2.63 bits per heavy atom. The van der Waals surface area contributed by atoms with Crippen molar-refractivity contribution in [2.45, 2.75) is 50.8 Å². The maximum Gasteiger partial charge on any atom is 0.252 e. The van der Waals surface area contributed by atoms with E-state index in [4.69, 9.17) is 4.74 Å². The fraction of sp³-hybridized carbons (Fsp3) is 0.480. The standard InChI is InChI=1S/C25H31FN2O4P2S/c1-15-3-2-4-16(9-15)19-12-18(34)10-17(22(19)26)11-20-23(27-35(30,31)14-33)25(6-7-25)13-28(20)24(29)21-5-8-32-21/h2-4,9-10,12,20-21,23,27H,5-8,11,13-14,33-34H2,1H3/t20?,21-,23?/m1/s1. The van der Waals surface area contributed by atoms with Crippen LogP contribution in [0.3, 0.4) is 0 Å². The summed E-state index contributed by atoms with van der Waals surface area (Å²) in [4.78, 5) is 15.1. The molecular formula is C25H31FN2O4P2S. The van der Waals surface area contributed by atoms with Crippen LogP contribution in [0.4, 0.5) is 4.39 Å². The van der Waals surface area contributed by atoms with Crippen molar-refractivity contribution < 1.29 is 22.3 Å². The molecule has 0 aromatic heterocycles. The second kappa shape index (κ2) is 9.46. The second-order valence-corrected chi connectivity index (χ2v) is 13.5. The SMILES string of the molecule is Cc1cccc(-c2cc(P)cc(CC3C(NS(=O)(=O)CP)C4(CC4)CN3C(=O)[C@H]3CCO3)c2F)c1. The molecule has 5 atom stereocenters. The van der Waals surface area contributed by atoms with Crippen molar-refractivity contribution in [1.82, 2.24) is 9.62 Å². The summed E-state index contributed by atoms with van der Waals surface area (Å²) in [6, 6.07) is 10.3. The molecule has 2 aliphatic heterocycles. The van der Waals surface area contributed by atoms with Gasteiger partial charge in [-0.3, -0.25) is 4.79 Å². The highest BCUT2D eigenvalue weighted by atomic mass is 32.2. The molecule has 2 heterocycles. The maximum atomic E-state index is 15.9. The van der Waals surface area contributed by atoms with E-state index >= 15 is 4.39 Å². The normalized spacial score (nSPS) is 25.0. The van der Waals surface area contributed by atoms with Gasteiger partial charge in [-0.1, -0.05) is 29.8 Å². The van der Waals surface area contributed by atoms with Gasteiger partial charge in [0.15, 0.2) is 0 Å². The van der Waals surface area contributed by atoms with Gasteiger partial charge in [-0.2, -0.15) is 0 Å². The molecule has 6 nitrogen and oxygen atoms in total. The van der Waals surface area contributed by atoms with Crippen LogP contribution in [0.5, 0.6) is 0 Å². The Morgan fingerprint density at radius 1 is 1.29 bits per heavy atom. The number of carbonyl (C=O) groups excluding carboxylic acids is 1. The largest absolute Gasteiger partial charge is 0.368 e. The van der Waals surface area contributed by atoms with Gasteiger partial charge >= 0.3 is 0 Å². The fourth-order valence-corrected chi connectivity index (χ4v) is 6.95. The molecule has 0 bridgehead atoms.